The van der Waals surface area contributed by atoms with Crippen LogP contribution in [0.2, 0.25) is 0 Å². The zero-order valence-electron chi connectivity index (χ0n) is 10.4. The Labute approximate surface area is 124 Å². The van der Waals surface area contributed by atoms with Crippen LogP contribution in [0.25, 0.3) is 5.65 Å². The molecule has 0 aliphatic carbocycles. The molecule has 1 aliphatic heterocycles. The molecule has 0 bridgehead atoms. The van der Waals surface area contributed by atoms with Gasteiger partial charge in [-0.2, -0.15) is 0 Å². The second-order valence-corrected chi connectivity index (χ2v) is 5.83. The third kappa shape index (κ3) is 2.04. The van der Waals surface area contributed by atoms with Crippen molar-refractivity contribution in [3.05, 3.63) is 22.2 Å². The second kappa shape index (κ2) is 4.73. The zero-order valence-corrected chi connectivity index (χ0v) is 12.0. The molecule has 0 saturated carbocycles. The average molecular weight is 364 g/mol. The average Bonchev–Trinajstić information content (AvgIpc) is 2.91. The van der Waals surface area contributed by atoms with Crippen LogP contribution < -0.4 is 11.3 Å². The highest BCUT2D eigenvalue weighted by molar-refractivity contribution is 9.10. The number of halogens is 2. The molecule has 21 heavy (non-hydrogen) atoms. The molecule has 114 valence electrons. The SMILES string of the molecule is Nc1nn2c([C@@H]3O[C@H](CO)[C@H](O)C3(F)Br)cnc2c(=O)[nH]1. The number of anilines is 1. The van der Waals surface area contributed by atoms with E-state index in [1.165, 1.54) is 6.20 Å². The second-order valence-electron chi connectivity index (χ2n) is 4.61. The first kappa shape index (κ1) is 14.4. The first-order chi connectivity index (χ1) is 9.86. The number of alkyl halides is 2. The number of hydrogen-bond donors (Lipinski definition) is 4. The van der Waals surface area contributed by atoms with Gasteiger partial charge in [-0.3, -0.25) is 9.78 Å². The van der Waals surface area contributed by atoms with Gasteiger partial charge < -0.3 is 20.7 Å². The Morgan fingerprint density at radius 2 is 2.38 bits per heavy atom. The van der Waals surface area contributed by atoms with Crippen LogP contribution in [0.4, 0.5) is 10.3 Å². The largest absolute Gasteiger partial charge is 0.394 e. The first-order valence-electron chi connectivity index (χ1n) is 5.92. The molecule has 1 saturated heterocycles. The molecule has 11 heteroatoms. The number of nitrogens with zero attached hydrogens (tertiary/aromatic N) is 3. The van der Waals surface area contributed by atoms with Crippen molar-refractivity contribution in [2.45, 2.75) is 22.9 Å². The number of aromatic amines is 1. The van der Waals surface area contributed by atoms with E-state index in [4.69, 9.17) is 15.6 Å². The lowest BCUT2D eigenvalue weighted by molar-refractivity contribution is -0.0241. The van der Waals surface area contributed by atoms with E-state index < -0.39 is 35.1 Å². The highest BCUT2D eigenvalue weighted by atomic mass is 79.9. The van der Waals surface area contributed by atoms with Gasteiger partial charge in [0.2, 0.25) is 16.2 Å². The predicted molar refractivity (Wildman–Crippen MR) is 71.5 cm³/mol. The van der Waals surface area contributed by atoms with Gasteiger partial charge in [0.15, 0.2) is 0 Å². The summed E-state index contributed by atoms with van der Waals surface area (Å²) in [6.45, 7) is -0.568. The third-order valence-corrected chi connectivity index (χ3v) is 4.16. The quantitative estimate of drug-likeness (QED) is 0.494. The minimum atomic E-state index is -2.37. The van der Waals surface area contributed by atoms with Gasteiger partial charge in [-0.25, -0.2) is 13.9 Å². The Bertz CT molecular complexity index is 747. The highest BCUT2D eigenvalue weighted by Gasteiger charge is 2.57. The van der Waals surface area contributed by atoms with E-state index >= 15 is 0 Å². The van der Waals surface area contributed by atoms with Crippen molar-refractivity contribution >= 4 is 27.5 Å². The Balaban J connectivity index is 2.15. The summed E-state index contributed by atoms with van der Waals surface area (Å²) in [4.78, 5) is 17.8. The zero-order chi connectivity index (χ0) is 15.4. The van der Waals surface area contributed by atoms with Gasteiger partial charge in [0.25, 0.3) is 5.56 Å². The van der Waals surface area contributed by atoms with Crippen molar-refractivity contribution in [2.24, 2.45) is 0 Å². The highest BCUT2D eigenvalue weighted by Crippen LogP contribution is 2.48. The summed E-state index contributed by atoms with van der Waals surface area (Å²) in [6, 6.07) is 0. The van der Waals surface area contributed by atoms with E-state index in [0.29, 0.717) is 0 Å². The number of nitrogens with one attached hydrogen (secondary N) is 1. The van der Waals surface area contributed by atoms with Gasteiger partial charge in [0.05, 0.1) is 18.5 Å². The lowest BCUT2D eigenvalue weighted by Gasteiger charge is -2.20. The van der Waals surface area contributed by atoms with E-state index in [1.807, 2.05) is 0 Å². The molecule has 1 unspecified atom stereocenters. The molecule has 5 N–H and O–H groups in total. The molecule has 2 aromatic rings. The molecule has 4 atom stereocenters. The lowest BCUT2D eigenvalue weighted by atomic mass is 10.1. The molecule has 3 heterocycles. The molecule has 0 radical (unpaired) electrons. The smallest absolute Gasteiger partial charge is 0.295 e. The number of aromatic nitrogens is 4. The van der Waals surface area contributed by atoms with Crippen LogP contribution >= 0.6 is 15.9 Å². The van der Waals surface area contributed by atoms with Crippen LogP contribution in [-0.2, 0) is 4.74 Å². The maximum Gasteiger partial charge on any atom is 0.295 e. The van der Waals surface area contributed by atoms with Gasteiger partial charge >= 0.3 is 0 Å². The van der Waals surface area contributed by atoms with E-state index in [9.17, 15) is 14.3 Å². The maximum atomic E-state index is 14.6. The number of aliphatic hydroxyl groups is 2. The molecule has 1 aliphatic rings. The summed E-state index contributed by atoms with van der Waals surface area (Å²) in [5.41, 5.74) is 4.85. The minimum Gasteiger partial charge on any atom is -0.394 e. The molecule has 0 spiro atoms. The molecular formula is C10H11BrFN5O4. The van der Waals surface area contributed by atoms with E-state index in [2.05, 4.69) is 31.0 Å². The monoisotopic (exact) mass is 363 g/mol. The summed E-state index contributed by atoms with van der Waals surface area (Å²) in [5.74, 6) is -0.178. The van der Waals surface area contributed by atoms with Gasteiger partial charge in [0, 0.05) is 0 Å². The van der Waals surface area contributed by atoms with Crippen molar-refractivity contribution in [3.63, 3.8) is 0 Å². The Kier molecular flexibility index (Phi) is 3.24. The normalized spacial score (nSPS) is 32.9. The number of nitrogens with two attached hydrogens (primary N) is 1. The summed E-state index contributed by atoms with van der Waals surface area (Å²) in [7, 11) is 0. The van der Waals surface area contributed by atoms with E-state index in [-0.39, 0.29) is 17.3 Å². The van der Waals surface area contributed by atoms with Gasteiger partial charge in [-0.1, -0.05) is 0 Å². The number of aliphatic hydroxyl groups excluding tert-OH is 2. The van der Waals surface area contributed by atoms with Crippen molar-refractivity contribution in [1.82, 2.24) is 19.6 Å². The van der Waals surface area contributed by atoms with Crippen molar-refractivity contribution in [1.29, 1.82) is 0 Å². The van der Waals surface area contributed by atoms with Crippen molar-refractivity contribution in [3.8, 4) is 0 Å². The summed E-state index contributed by atoms with van der Waals surface area (Å²) in [5, 5.41) is 22.8. The number of fused-ring (bicyclic) bond motifs is 1. The topological polar surface area (TPSA) is 139 Å². The molecule has 3 rings (SSSR count). The van der Waals surface area contributed by atoms with Crippen molar-refractivity contribution in [2.75, 3.05) is 12.3 Å². The Morgan fingerprint density at radius 3 is 3.00 bits per heavy atom. The number of ether oxygens (including phenoxy) is 1. The predicted octanol–water partition coefficient (Wildman–Crippen LogP) is -1.15. The van der Waals surface area contributed by atoms with Crippen LogP contribution in [0.15, 0.2) is 11.0 Å². The molecule has 2 aromatic heterocycles. The van der Waals surface area contributed by atoms with Crippen LogP contribution in [0.5, 0.6) is 0 Å². The maximum absolute atomic E-state index is 14.6. The molecule has 9 nitrogen and oxygen atoms in total. The Hall–Kier alpha value is -1.56. The first-order valence-corrected chi connectivity index (χ1v) is 6.71. The summed E-state index contributed by atoms with van der Waals surface area (Å²) in [6.07, 6.45) is -2.85. The molecule has 1 fully saturated rings. The summed E-state index contributed by atoms with van der Waals surface area (Å²) < 4.78 is 18.6. The van der Waals surface area contributed by atoms with E-state index in [0.717, 1.165) is 4.52 Å². The fraction of sp³-hybridized carbons (Fsp3) is 0.500. The lowest BCUT2D eigenvalue weighted by Crippen LogP contribution is -2.37. The van der Waals surface area contributed by atoms with Crippen LogP contribution in [0, 0.1) is 0 Å². The minimum absolute atomic E-state index is 0.0807. The molecular weight excluding hydrogens is 353 g/mol. The van der Waals surface area contributed by atoms with Crippen LogP contribution in [0.1, 0.15) is 11.8 Å². The van der Waals surface area contributed by atoms with Gasteiger partial charge in [0.1, 0.15) is 18.3 Å². The third-order valence-electron chi connectivity index (χ3n) is 3.27. The van der Waals surface area contributed by atoms with Crippen LogP contribution in [0.3, 0.4) is 0 Å². The molecule has 0 aromatic carbocycles. The van der Waals surface area contributed by atoms with Crippen molar-refractivity contribution < 1.29 is 19.3 Å². The number of imidazole rings is 1. The standard InChI is InChI=1S/C10H11BrFN5O4/c11-10(12)5(19)4(2-18)21-6(10)3-1-14-7-8(20)15-9(13)16-17(3)7/h1,4-6,18-19H,2H2,(H3,13,15,16,20)/t4-,5+,6+,10?/m1/s1. The number of rotatable bonds is 2. The molecule has 0 amide bonds. The summed E-state index contributed by atoms with van der Waals surface area (Å²) >= 11 is 2.76. The number of H-pyrrole nitrogens is 1. The fourth-order valence-corrected chi connectivity index (χ4v) is 2.89. The Morgan fingerprint density at radius 1 is 1.67 bits per heavy atom. The van der Waals surface area contributed by atoms with Crippen LogP contribution in [-0.4, -0.2) is 53.2 Å². The fourth-order valence-electron chi connectivity index (χ4n) is 2.26. The number of hydrogen-bond acceptors (Lipinski definition) is 7. The van der Waals surface area contributed by atoms with Gasteiger partial charge in [-0.15, -0.1) is 5.10 Å². The number of nitrogen functional groups attached to an aromatic ring is 1. The van der Waals surface area contributed by atoms with Gasteiger partial charge in [-0.05, 0) is 15.9 Å². The van der Waals surface area contributed by atoms with E-state index in [1.54, 1.807) is 0 Å².